The van der Waals surface area contributed by atoms with Crippen LogP contribution in [0.25, 0.3) is 28.2 Å². The van der Waals surface area contributed by atoms with Crippen LogP contribution in [0, 0.1) is 5.92 Å². The summed E-state index contributed by atoms with van der Waals surface area (Å²) in [5, 5.41) is 14.4. The Morgan fingerprint density at radius 2 is 1.55 bits per heavy atom. The van der Waals surface area contributed by atoms with E-state index in [-0.39, 0.29) is 17.9 Å². The fourth-order valence-corrected chi connectivity index (χ4v) is 4.18. The zero-order valence-corrected chi connectivity index (χ0v) is 22.3. The van der Waals surface area contributed by atoms with E-state index in [0.717, 1.165) is 53.2 Å². The molecule has 2 heterocycles. The van der Waals surface area contributed by atoms with Crippen LogP contribution in [-0.2, 0) is 0 Å². The van der Waals surface area contributed by atoms with Crippen molar-refractivity contribution in [2.45, 2.75) is 52.6 Å². The Hall–Kier alpha value is -4.20. The number of nitrogens with one attached hydrogen (secondary N) is 3. The Morgan fingerprint density at radius 3 is 2.16 bits per heavy atom. The molecule has 2 amide bonds. The van der Waals surface area contributed by atoms with Gasteiger partial charge in [-0.15, -0.1) is 0 Å². The van der Waals surface area contributed by atoms with Crippen LogP contribution in [0.2, 0.25) is 0 Å². The van der Waals surface area contributed by atoms with Crippen molar-refractivity contribution in [3.05, 3.63) is 71.9 Å². The smallest absolute Gasteiger partial charge is 0.251 e. The third-order valence-corrected chi connectivity index (χ3v) is 6.39. The minimum atomic E-state index is -0.0968. The van der Waals surface area contributed by atoms with Crippen LogP contribution in [0.3, 0.4) is 0 Å². The molecule has 0 unspecified atom stereocenters. The highest BCUT2D eigenvalue weighted by Gasteiger charge is 2.24. The van der Waals surface area contributed by atoms with E-state index < -0.39 is 0 Å². The maximum atomic E-state index is 12.4. The lowest BCUT2D eigenvalue weighted by atomic mass is 10.1. The molecule has 0 spiro atoms. The maximum absolute atomic E-state index is 12.4. The van der Waals surface area contributed by atoms with Gasteiger partial charge in [0.1, 0.15) is 0 Å². The van der Waals surface area contributed by atoms with Crippen LogP contribution in [0.15, 0.2) is 60.8 Å². The number of aromatic nitrogens is 3. The summed E-state index contributed by atoms with van der Waals surface area (Å²) < 4.78 is 1.84. The van der Waals surface area contributed by atoms with Crippen molar-refractivity contribution in [2.24, 2.45) is 5.92 Å². The number of anilines is 1. The van der Waals surface area contributed by atoms with Crippen molar-refractivity contribution in [1.29, 1.82) is 0 Å². The number of nitrogens with zero attached hydrogens (tertiary/aromatic N) is 3. The monoisotopic (exact) mass is 510 g/mol. The van der Waals surface area contributed by atoms with E-state index in [0.29, 0.717) is 23.1 Å². The van der Waals surface area contributed by atoms with Gasteiger partial charge in [-0.1, -0.05) is 38.1 Å². The average molecular weight is 511 g/mol. The van der Waals surface area contributed by atoms with Gasteiger partial charge in [0.15, 0.2) is 5.65 Å². The highest BCUT2D eigenvalue weighted by Crippen LogP contribution is 2.29. The number of benzene rings is 2. The number of hydrogen-bond donors (Lipinski definition) is 3. The largest absolute Gasteiger partial charge is 0.382 e. The van der Waals surface area contributed by atoms with Gasteiger partial charge >= 0.3 is 0 Å². The molecule has 0 aliphatic heterocycles. The summed E-state index contributed by atoms with van der Waals surface area (Å²) in [6.45, 7) is 8.99. The predicted octanol–water partition coefficient (Wildman–Crippen LogP) is 5.16. The summed E-state index contributed by atoms with van der Waals surface area (Å²) in [4.78, 5) is 29.5. The van der Waals surface area contributed by atoms with Gasteiger partial charge in [0.2, 0.25) is 0 Å². The van der Waals surface area contributed by atoms with E-state index >= 15 is 0 Å². The van der Waals surface area contributed by atoms with Gasteiger partial charge in [-0.2, -0.15) is 5.10 Å². The van der Waals surface area contributed by atoms with E-state index in [4.69, 9.17) is 5.10 Å². The van der Waals surface area contributed by atoms with E-state index in [2.05, 4.69) is 34.8 Å². The third kappa shape index (κ3) is 5.69. The van der Waals surface area contributed by atoms with Crippen LogP contribution in [0.4, 0.5) is 5.69 Å². The number of fused-ring (bicyclic) bond motifs is 1. The lowest BCUT2D eigenvalue weighted by Gasteiger charge is -2.13. The molecule has 0 saturated heterocycles. The summed E-state index contributed by atoms with van der Waals surface area (Å²) in [6.07, 6.45) is 3.92. The first-order valence-corrected chi connectivity index (χ1v) is 13.2. The zero-order chi connectivity index (χ0) is 26.8. The summed E-state index contributed by atoms with van der Waals surface area (Å²) in [7, 11) is 0. The van der Waals surface area contributed by atoms with Crippen LogP contribution in [0.5, 0.6) is 0 Å². The first-order valence-electron chi connectivity index (χ1n) is 13.2. The third-order valence-electron chi connectivity index (χ3n) is 6.39. The molecule has 8 heteroatoms. The Labute approximate surface area is 222 Å². The molecule has 3 N–H and O–H groups in total. The first-order chi connectivity index (χ1) is 18.3. The standard InChI is InChI=1S/C30H34N6O2/c1-18(2)16-31-26-15-25(20-5-9-22(10-6-20)29(37)33-19(3)4)35-36-27(17-32-28(26)36)21-7-11-23(12-8-21)30(38)34-24-13-14-24/h5-12,15,17-19,24,31H,13-14,16H2,1-4H3,(H,33,37)(H,34,38). The van der Waals surface area contributed by atoms with Gasteiger partial charge in [-0.3, -0.25) is 9.59 Å². The first kappa shape index (κ1) is 25.4. The molecule has 0 bridgehead atoms. The molecule has 2 aromatic heterocycles. The van der Waals surface area contributed by atoms with Crippen molar-refractivity contribution >= 4 is 23.1 Å². The molecule has 1 saturated carbocycles. The fraction of sp³-hybridized carbons (Fsp3) is 0.333. The topological polar surface area (TPSA) is 100 Å². The quantitative estimate of drug-likeness (QED) is 0.289. The highest BCUT2D eigenvalue weighted by atomic mass is 16.2. The fourth-order valence-electron chi connectivity index (χ4n) is 4.18. The second kappa shape index (κ2) is 10.7. The van der Waals surface area contributed by atoms with Crippen LogP contribution < -0.4 is 16.0 Å². The van der Waals surface area contributed by atoms with E-state index in [9.17, 15) is 9.59 Å². The average Bonchev–Trinajstić information content (AvgIpc) is 3.61. The second-order valence-electron chi connectivity index (χ2n) is 10.6. The van der Waals surface area contributed by atoms with Crippen molar-refractivity contribution < 1.29 is 9.59 Å². The van der Waals surface area contributed by atoms with Gasteiger partial charge in [-0.05, 0) is 62.9 Å². The molecule has 38 heavy (non-hydrogen) atoms. The van der Waals surface area contributed by atoms with Gasteiger partial charge in [-0.25, -0.2) is 9.50 Å². The summed E-state index contributed by atoms with van der Waals surface area (Å²) in [5.74, 6) is 0.317. The zero-order valence-electron chi connectivity index (χ0n) is 22.3. The number of amides is 2. The van der Waals surface area contributed by atoms with Crippen molar-refractivity contribution in [2.75, 3.05) is 11.9 Å². The summed E-state index contributed by atoms with van der Waals surface area (Å²) in [6, 6.07) is 17.4. The molecule has 1 aliphatic rings. The van der Waals surface area contributed by atoms with E-state index in [1.165, 1.54) is 0 Å². The number of carbonyl (C=O) groups excluding carboxylic acids is 2. The second-order valence-corrected chi connectivity index (χ2v) is 10.6. The van der Waals surface area contributed by atoms with Gasteiger partial charge < -0.3 is 16.0 Å². The molecule has 196 valence electrons. The molecule has 2 aromatic carbocycles. The van der Waals surface area contributed by atoms with Crippen molar-refractivity contribution in [3.63, 3.8) is 0 Å². The molecule has 4 aromatic rings. The molecular formula is C30H34N6O2. The van der Waals surface area contributed by atoms with Gasteiger partial charge in [0.05, 0.1) is 23.3 Å². The minimum Gasteiger partial charge on any atom is -0.382 e. The highest BCUT2D eigenvalue weighted by molar-refractivity contribution is 5.95. The number of rotatable bonds is 9. The lowest BCUT2D eigenvalue weighted by Crippen LogP contribution is -2.29. The van der Waals surface area contributed by atoms with Gasteiger partial charge in [0.25, 0.3) is 11.8 Å². The Balaban J connectivity index is 1.50. The Kier molecular flexibility index (Phi) is 7.13. The number of hydrogen-bond acceptors (Lipinski definition) is 5. The SMILES string of the molecule is CC(C)CNc1cc(-c2ccc(C(=O)NC(C)C)cc2)nn2c(-c3ccc(C(=O)NC4CC4)cc3)cnc12. The molecule has 1 fully saturated rings. The van der Waals surface area contributed by atoms with E-state index in [1.807, 2.05) is 79.2 Å². The molecule has 1 aliphatic carbocycles. The van der Waals surface area contributed by atoms with E-state index in [1.54, 1.807) is 0 Å². The summed E-state index contributed by atoms with van der Waals surface area (Å²) >= 11 is 0. The van der Waals surface area contributed by atoms with Crippen molar-refractivity contribution in [3.8, 4) is 22.5 Å². The molecule has 0 radical (unpaired) electrons. The van der Waals surface area contributed by atoms with Crippen LogP contribution in [-0.4, -0.2) is 45.0 Å². The maximum Gasteiger partial charge on any atom is 0.251 e. The Morgan fingerprint density at radius 1 is 0.921 bits per heavy atom. The predicted molar refractivity (Wildman–Crippen MR) is 150 cm³/mol. The summed E-state index contributed by atoms with van der Waals surface area (Å²) in [5.41, 5.74) is 6.27. The van der Waals surface area contributed by atoms with Gasteiger partial charge in [0, 0.05) is 40.9 Å². The molecular weight excluding hydrogens is 476 g/mol. The normalized spacial score (nSPS) is 13.2. The minimum absolute atomic E-state index is 0.0386. The molecule has 8 nitrogen and oxygen atoms in total. The lowest BCUT2D eigenvalue weighted by molar-refractivity contribution is 0.0937. The molecule has 5 rings (SSSR count). The van der Waals surface area contributed by atoms with Crippen molar-refractivity contribution in [1.82, 2.24) is 25.2 Å². The van der Waals surface area contributed by atoms with Crippen LogP contribution >= 0.6 is 0 Å². The number of carbonyl (C=O) groups is 2. The Bertz CT molecular complexity index is 1450. The molecule has 0 atom stereocenters. The number of imidazole rings is 1. The van der Waals surface area contributed by atoms with Crippen LogP contribution in [0.1, 0.15) is 61.3 Å².